The summed E-state index contributed by atoms with van der Waals surface area (Å²) in [4.78, 5) is 28.3. The maximum atomic E-state index is 9.87. The van der Waals surface area contributed by atoms with Gasteiger partial charge in [0.2, 0.25) is 0 Å². The Balaban J connectivity index is 0.000000198. The van der Waals surface area contributed by atoms with Gasteiger partial charge in [0, 0.05) is 56.0 Å². The molecule has 46 heteroatoms. The zero-order valence-corrected chi connectivity index (χ0v) is 79.4. The van der Waals surface area contributed by atoms with Gasteiger partial charge < -0.3 is 54.3 Å². The SMILES string of the molecule is CC#N.F[P-](F)(F)(F)(F)F.F[P-](F)(F)(F)(F)F.[Fe+2].c1ccc(OP2(Oc3ccccc3)=NP(Oc3ccccc3)(Oc3ccccc3)=N[P@@](Oc3ccccc3)(Oc3cc(-c4ccccn4)nc(-c4ccccn4)c3)=N2)cc1.c1ccc(OP2(Oc3ccccc3)=NP(Oc3ccccc3)(Oc3ccccc3)=N[P@@](Oc3ccccc3)(Oc3cc(-c4ccccn4)nc(-c4ccccn4)c3)=N2)cc1. The summed E-state index contributed by atoms with van der Waals surface area (Å²) in [5.74, 6) is 4.76. The van der Waals surface area contributed by atoms with Crippen LogP contribution in [0.5, 0.6) is 69.0 Å². The minimum Gasteiger partial charge on any atom is -0.413 e. The standard InChI is InChI=1S/2C45H35N6O6P3.C2H3N.2F6P.Fe/c2*1-6-20-36(21-7-1)52-58(53-37-22-8-2-9-23-37)49-59(54-38-24-10-3-11-25-38,55-39-26-12-4-13-27-39)51-60(50-58,56-40-28-14-5-15-29-40)57-41-34-44(42-30-16-18-32-46-42)48-45(35-41)43-31-17-19-33-47-43;1-2-3;2*1-7(2,3,4,5)6;/h2*1-35H;1H3;;;/q;;;2*-1;+2. The van der Waals surface area contributed by atoms with Gasteiger partial charge in [0.15, 0.2) is 0 Å². The normalized spacial score (nSPS) is 16.4. The Morgan fingerprint density at radius 1 is 0.196 bits per heavy atom. The molecule has 0 fully saturated rings. The number of nitrogens with zero attached hydrogens (tertiary/aromatic N) is 13. The van der Waals surface area contributed by atoms with Crippen LogP contribution in [0, 0.1) is 11.3 Å². The number of aromatic nitrogens is 6. The van der Waals surface area contributed by atoms with Crippen LogP contribution < -0.4 is 54.3 Å². The van der Waals surface area contributed by atoms with Crippen molar-refractivity contribution < 1.29 is 122 Å². The molecule has 0 saturated carbocycles. The van der Waals surface area contributed by atoms with Crippen LogP contribution in [-0.4, -0.2) is 29.9 Å². The summed E-state index contributed by atoms with van der Waals surface area (Å²) in [5, 5.41) is 7.32. The zero-order chi connectivity index (χ0) is 96.5. The maximum Gasteiger partial charge on any atom is 2.00 e. The van der Waals surface area contributed by atoms with Crippen LogP contribution in [0.2, 0.25) is 0 Å². The van der Waals surface area contributed by atoms with E-state index in [1.165, 1.54) is 6.92 Å². The fraction of sp³-hybridized carbons (Fsp3) is 0.0109. The minimum atomic E-state index is -10.7. The van der Waals surface area contributed by atoms with E-state index in [0.717, 1.165) is 0 Å². The smallest absolute Gasteiger partial charge is 0.413 e. The number of nitriles is 1. The first-order chi connectivity index (χ1) is 65.4. The van der Waals surface area contributed by atoms with Crippen LogP contribution in [0.1, 0.15) is 6.92 Å². The number of rotatable bonds is 28. The molecule has 0 bridgehead atoms. The van der Waals surface area contributed by atoms with Gasteiger partial charge in [-0.05, 0) is 170 Å². The minimum absolute atomic E-state index is 0. The molecule has 0 radical (unpaired) electrons. The number of para-hydroxylation sites is 10. The van der Waals surface area contributed by atoms with Crippen LogP contribution >= 0.6 is 61.6 Å². The monoisotopic (exact) mass is 2080 g/mol. The molecule has 0 aliphatic carbocycles. The van der Waals surface area contributed by atoms with Gasteiger partial charge in [-0.25, -0.2) is 9.97 Å². The Kier molecular flexibility index (Phi) is 31.5. The predicted molar refractivity (Wildman–Crippen MR) is 508 cm³/mol. The summed E-state index contributed by atoms with van der Waals surface area (Å²) in [5.41, 5.74) is 4.46. The molecule has 0 amide bonds. The van der Waals surface area contributed by atoms with Crippen molar-refractivity contribution in [2.24, 2.45) is 27.1 Å². The summed E-state index contributed by atoms with van der Waals surface area (Å²) in [6.07, 6.45) is 6.80. The van der Waals surface area contributed by atoms with Gasteiger partial charge in [-0.1, -0.05) is 233 Å². The number of halogens is 12. The van der Waals surface area contributed by atoms with Gasteiger partial charge >= 0.3 is 129 Å². The summed E-state index contributed by atoms with van der Waals surface area (Å²) in [6.45, 7) is 1.43. The number of pyridine rings is 6. The molecule has 16 aromatic rings. The molecule has 2 aliphatic heterocycles. The zero-order valence-electron chi connectivity index (χ0n) is 71.1. The van der Waals surface area contributed by atoms with E-state index in [4.69, 9.17) is 96.6 Å². The second kappa shape index (κ2) is 42.8. The molecular formula is C92H73F12FeN13O12P8. The van der Waals surface area contributed by atoms with Crippen LogP contribution in [0.3, 0.4) is 0 Å². The van der Waals surface area contributed by atoms with Crippen molar-refractivity contribution in [1.82, 2.24) is 29.9 Å². The molecule has 2 atom stereocenters. The maximum absolute atomic E-state index is 10.7. The van der Waals surface area contributed by atoms with E-state index in [0.29, 0.717) is 115 Å². The molecule has 2 aliphatic rings. The molecule has 0 N–H and O–H groups in total. The van der Waals surface area contributed by atoms with Crippen molar-refractivity contribution in [1.29, 1.82) is 5.26 Å². The summed E-state index contributed by atoms with van der Waals surface area (Å²) >= 11 is 0. The third kappa shape index (κ3) is 32.7. The molecule has 0 spiro atoms. The average molecular weight is 2080 g/mol. The topological polar surface area (TPSA) is 286 Å². The molecule has 25 nitrogen and oxygen atoms in total. The second-order valence-electron chi connectivity index (χ2n) is 27.9. The van der Waals surface area contributed by atoms with Gasteiger partial charge in [0.1, 0.15) is 69.0 Å². The fourth-order valence-electron chi connectivity index (χ4n) is 11.7. The van der Waals surface area contributed by atoms with Crippen molar-refractivity contribution in [2.75, 3.05) is 0 Å². The largest absolute Gasteiger partial charge is 2.00 e. The van der Waals surface area contributed by atoms with E-state index in [1.54, 1.807) is 176 Å². The van der Waals surface area contributed by atoms with E-state index < -0.39 is 61.6 Å². The van der Waals surface area contributed by atoms with Crippen molar-refractivity contribution in [2.45, 2.75) is 6.92 Å². The Morgan fingerprint density at radius 2 is 0.312 bits per heavy atom. The van der Waals surface area contributed by atoms with E-state index in [2.05, 4.69) is 19.9 Å². The molecule has 710 valence electrons. The Bertz CT molecular complexity index is 6280. The fourth-order valence-corrected chi connectivity index (χ4v) is 29.8. The van der Waals surface area contributed by atoms with Crippen LogP contribution in [0.25, 0.3) is 45.6 Å². The molecule has 138 heavy (non-hydrogen) atoms. The number of hydrogen-bond acceptors (Lipinski definition) is 25. The van der Waals surface area contributed by atoms with Crippen LogP contribution in [-0.2, 0) is 17.1 Å². The molecule has 0 saturated heterocycles. The van der Waals surface area contributed by atoms with Gasteiger partial charge in [0.05, 0.1) is 51.6 Å². The van der Waals surface area contributed by atoms with E-state index in [-0.39, 0.29) is 17.1 Å². The van der Waals surface area contributed by atoms with E-state index >= 15 is 0 Å². The van der Waals surface area contributed by atoms with E-state index in [1.807, 2.05) is 255 Å². The van der Waals surface area contributed by atoms with E-state index in [9.17, 15) is 50.4 Å². The first-order valence-corrected chi connectivity index (χ1v) is 53.4. The molecule has 18 rings (SSSR count). The molecule has 8 heterocycles. The van der Waals surface area contributed by atoms with Gasteiger partial charge in [-0.2, -0.15) is 5.26 Å². The Labute approximate surface area is 793 Å². The van der Waals surface area contributed by atoms with Gasteiger partial charge in [-0.15, -0.1) is 0 Å². The summed E-state index contributed by atoms with van der Waals surface area (Å²) in [6, 6.07) is 123. The van der Waals surface area contributed by atoms with Crippen molar-refractivity contribution >= 4 is 61.6 Å². The van der Waals surface area contributed by atoms with Crippen molar-refractivity contribution in [3.63, 3.8) is 0 Å². The van der Waals surface area contributed by atoms with Crippen LogP contribution in [0.15, 0.2) is 452 Å². The average Bonchev–Trinajstić information content (AvgIpc) is 0.730. The third-order valence-electron chi connectivity index (χ3n) is 16.8. The molecular weight excluding hydrogens is 2010 g/mol. The first kappa shape index (κ1) is 102. The summed E-state index contributed by atoms with van der Waals surface area (Å²) in [7, 11) is -45.8. The van der Waals surface area contributed by atoms with Gasteiger partial charge in [-0.3, -0.25) is 19.9 Å². The summed E-state index contributed by atoms with van der Waals surface area (Å²) < 4.78 is 234. The first-order valence-electron chi connectivity index (χ1n) is 40.2. The predicted octanol–water partition coefficient (Wildman–Crippen LogP) is 35.0. The third-order valence-corrected chi connectivity index (χ3v) is 33.0. The molecule has 0 unspecified atom stereocenters. The molecule has 10 aromatic carbocycles. The quantitative estimate of drug-likeness (QED) is 0.0250. The molecule has 6 aromatic heterocycles. The number of benzene rings is 10. The van der Waals surface area contributed by atoms with Crippen LogP contribution in [0.4, 0.5) is 50.4 Å². The van der Waals surface area contributed by atoms with Crippen molar-refractivity contribution in [3.8, 4) is 121 Å². The second-order valence-corrected chi connectivity index (χ2v) is 44.1. The number of hydrogen-bond donors (Lipinski definition) is 0. The van der Waals surface area contributed by atoms with Crippen molar-refractivity contribution in [3.05, 3.63) is 425 Å². The Morgan fingerprint density at radius 3 is 0.428 bits per heavy atom. The van der Waals surface area contributed by atoms with Gasteiger partial charge in [0.25, 0.3) is 0 Å². The Hall–Kier alpha value is -13.9.